The Bertz CT molecular complexity index is 559. The highest BCUT2D eigenvalue weighted by atomic mass is 32.2. The van der Waals surface area contributed by atoms with Gasteiger partial charge in [0.15, 0.2) is 0 Å². The molecule has 0 spiro atoms. The Morgan fingerprint density at radius 3 is 2.57 bits per heavy atom. The number of nitrogens with one attached hydrogen (secondary N) is 1. The molecule has 21 heavy (non-hydrogen) atoms. The highest BCUT2D eigenvalue weighted by molar-refractivity contribution is 7.91. The van der Waals surface area contributed by atoms with Gasteiger partial charge in [-0.3, -0.25) is 0 Å². The molecular formula is C14H20F2N2O2S. The number of hydrogen-bond acceptors (Lipinski definition) is 4. The van der Waals surface area contributed by atoms with Gasteiger partial charge in [0, 0.05) is 24.8 Å². The molecule has 4 nitrogen and oxygen atoms in total. The van der Waals surface area contributed by atoms with Crippen LogP contribution < -0.4 is 10.2 Å². The summed E-state index contributed by atoms with van der Waals surface area (Å²) in [6, 6.07) is 6.13. The number of alkyl halides is 2. The van der Waals surface area contributed by atoms with E-state index in [9.17, 15) is 17.2 Å². The van der Waals surface area contributed by atoms with Gasteiger partial charge < -0.3 is 10.2 Å². The summed E-state index contributed by atoms with van der Waals surface area (Å²) in [5, 5.41) is 3.40. The van der Waals surface area contributed by atoms with Crippen molar-refractivity contribution < 1.29 is 17.2 Å². The van der Waals surface area contributed by atoms with Crippen molar-refractivity contribution in [2.75, 3.05) is 24.5 Å². The second kappa shape index (κ2) is 6.70. The summed E-state index contributed by atoms with van der Waals surface area (Å²) in [5.41, 5.74) is 0.866. The summed E-state index contributed by atoms with van der Waals surface area (Å²) in [7, 11) is -4.51. The van der Waals surface area contributed by atoms with Crippen molar-refractivity contribution in [3.63, 3.8) is 0 Å². The Kier molecular flexibility index (Phi) is 5.16. The summed E-state index contributed by atoms with van der Waals surface area (Å²) >= 11 is 0. The molecule has 1 aliphatic heterocycles. The Labute approximate surface area is 124 Å². The van der Waals surface area contributed by atoms with E-state index >= 15 is 0 Å². The van der Waals surface area contributed by atoms with Crippen molar-refractivity contribution in [1.82, 2.24) is 5.32 Å². The Morgan fingerprint density at radius 1 is 1.33 bits per heavy atom. The molecule has 1 aromatic carbocycles. The number of hydrogen-bond donors (Lipinski definition) is 1. The minimum absolute atomic E-state index is 0.332. The van der Waals surface area contributed by atoms with Gasteiger partial charge in [0.05, 0.1) is 4.90 Å². The van der Waals surface area contributed by atoms with Gasteiger partial charge in [0.2, 0.25) is 9.84 Å². The standard InChI is InChI=1S/C14H20F2N2O2S/c1-2-17-11-4-3-9-18(10-11)12-5-7-13(8-6-12)21(19,20)14(15)16/h5-8,11,14,17H,2-4,9-10H2,1H3. The van der Waals surface area contributed by atoms with Crippen molar-refractivity contribution in [1.29, 1.82) is 0 Å². The number of halogens is 2. The number of anilines is 1. The zero-order chi connectivity index (χ0) is 15.5. The molecule has 1 N–H and O–H groups in total. The lowest BCUT2D eigenvalue weighted by atomic mass is 10.0. The number of sulfone groups is 1. The van der Waals surface area contributed by atoms with E-state index in [1.165, 1.54) is 12.1 Å². The van der Waals surface area contributed by atoms with Gasteiger partial charge in [-0.05, 0) is 43.7 Å². The van der Waals surface area contributed by atoms with Gasteiger partial charge in [-0.25, -0.2) is 8.42 Å². The fraction of sp³-hybridized carbons (Fsp3) is 0.571. The molecule has 2 rings (SSSR count). The fourth-order valence-electron chi connectivity index (χ4n) is 2.62. The van der Waals surface area contributed by atoms with Crippen LogP contribution in [0.4, 0.5) is 14.5 Å². The van der Waals surface area contributed by atoms with E-state index in [0.29, 0.717) is 6.04 Å². The average molecular weight is 318 g/mol. The lowest BCUT2D eigenvalue weighted by Gasteiger charge is -2.34. The van der Waals surface area contributed by atoms with Crippen LogP contribution in [0.15, 0.2) is 29.2 Å². The van der Waals surface area contributed by atoms with Crippen LogP contribution in [0, 0.1) is 0 Å². The minimum Gasteiger partial charge on any atom is -0.370 e. The molecule has 1 aromatic rings. The van der Waals surface area contributed by atoms with Gasteiger partial charge >= 0.3 is 5.76 Å². The monoisotopic (exact) mass is 318 g/mol. The topological polar surface area (TPSA) is 49.4 Å². The summed E-state index contributed by atoms with van der Waals surface area (Å²) in [6.07, 6.45) is 2.16. The molecule has 0 saturated carbocycles. The van der Waals surface area contributed by atoms with Gasteiger partial charge in [0.25, 0.3) is 0 Å². The molecule has 0 bridgehead atoms. The lowest BCUT2D eigenvalue weighted by molar-refractivity contribution is 0.234. The number of likely N-dealkylation sites (N-methyl/N-ethyl adjacent to an activating group) is 1. The van der Waals surface area contributed by atoms with Crippen molar-refractivity contribution in [3.05, 3.63) is 24.3 Å². The van der Waals surface area contributed by atoms with Crippen molar-refractivity contribution >= 4 is 15.5 Å². The molecule has 0 amide bonds. The molecule has 1 heterocycles. The Hall–Kier alpha value is -1.21. The molecule has 1 fully saturated rings. The van der Waals surface area contributed by atoms with Gasteiger partial charge in [0.1, 0.15) is 0 Å². The van der Waals surface area contributed by atoms with Crippen LogP contribution in [0.5, 0.6) is 0 Å². The largest absolute Gasteiger partial charge is 0.370 e. The molecule has 118 valence electrons. The van der Waals surface area contributed by atoms with Gasteiger partial charge in [-0.1, -0.05) is 6.92 Å². The molecule has 0 aliphatic carbocycles. The van der Waals surface area contributed by atoms with E-state index in [4.69, 9.17) is 0 Å². The highest BCUT2D eigenvalue weighted by Gasteiger charge is 2.27. The third-order valence-corrected chi connectivity index (χ3v) is 5.08. The van der Waals surface area contributed by atoms with Crippen LogP contribution in [0.25, 0.3) is 0 Å². The summed E-state index contributed by atoms with van der Waals surface area (Å²) in [5.74, 6) is -3.38. The van der Waals surface area contributed by atoms with Crippen molar-refractivity contribution in [2.24, 2.45) is 0 Å². The quantitative estimate of drug-likeness (QED) is 0.905. The zero-order valence-corrected chi connectivity index (χ0v) is 12.7. The van der Waals surface area contributed by atoms with Crippen LogP contribution in [-0.2, 0) is 9.84 Å². The zero-order valence-electron chi connectivity index (χ0n) is 11.9. The first-order chi connectivity index (χ1) is 9.95. The molecule has 1 aliphatic rings. The third-order valence-electron chi connectivity index (χ3n) is 3.68. The van der Waals surface area contributed by atoms with Crippen molar-refractivity contribution in [2.45, 2.75) is 36.5 Å². The summed E-state index contributed by atoms with van der Waals surface area (Å²) in [4.78, 5) is 1.82. The van der Waals surface area contributed by atoms with Gasteiger partial charge in [-0.15, -0.1) is 0 Å². The maximum absolute atomic E-state index is 12.5. The molecule has 0 aromatic heterocycles. The number of nitrogens with zero attached hydrogens (tertiary/aromatic N) is 1. The first-order valence-electron chi connectivity index (χ1n) is 7.05. The maximum atomic E-state index is 12.5. The molecule has 1 atom stereocenters. The molecule has 0 radical (unpaired) electrons. The van der Waals surface area contributed by atoms with E-state index in [2.05, 4.69) is 17.1 Å². The van der Waals surface area contributed by atoms with Crippen LogP contribution in [0.1, 0.15) is 19.8 Å². The summed E-state index contributed by atoms with van der Waals surface area (Å²) in [6.45, 7) is 4.70. The van der Waals surface area contributed by atoms with Gasteiger partial charge in [-0.2, -0.15) is 8.78 Å². The number of piperidine rings is 1. The predicted molar refractivity (Wildman–Crippen MR) is 78.5 cm³/mol. The lowest BCUT2D eigenvalue weighted by Crippen LogP contribution is -2.45. The third kappa shape index (κ3) is 3.71. The molecule has 1 saturated heterocycles. The SMILES string of the molecule is CCNC1CCCN(c2ccc(S(=O)(=O)C(F)F)cc2)C1. The second-order valence-electron chi connectivity index (χ2n) is 5.14. The molecular weight excluding hydrogens is 298 g/mol. The van der Waals surface area contributed by atoms with E-state index in [-0.39, 0.29) is 4.90 Å². The number of rotatable bonds is 5. The predicted octanol–water partition coefficient (Wildman–Crippen LogP) is 2.26. The van der Waals surface area contributed by atoms with E-state index in [1.807, 2.05) is 0 Å². The van der Waals surface area contributed by atoms with Crippen LogP contribution in [0.2, 0.25) is 0 Å². The fourth-order valence-corrected chi connectivity index (χ4v) is 3.34. The minimum atomic E-state index is -4.51. The molecule has 7 heteroatoms. The van der Waals surface area contributed by atoms with E-state index in [0.717, 1.165) is 38.2 Å². The highest BCUT2D eigenvalue weighted by Crippen LogP contribution is 2.24. The Balaban J connectivity index is 2.12. The van der Waals surface area contributed by atoms with E-state index in [1.54, 1.807) is 12.1 Å². The second-order valence-corrected chi connectivity index (χ2v) is 7.06. The number of benzene rings is 1. The first kappa shape index (κ1) is 16.2. The maximum Gasteiger partial charge on any atom is 0.341 e. The van der Waals surface area contributed by atoms with Crippen LogP contribution in [0.3, 0.4) is 0 Å². The smallest absolute Gasteiger partial charge is 0.341 e. The van der Waals surface area contributed by atoms with Crippen LogP contribution >= 0.6 is 0 Å². The Morgan fingerprint density at radius 2 is 2.00 bits per heavy atom. The average Bonchev–Trinajstić information content (AvgIpc) is 2.48. The van der Waals surface area contributed by atoms with E-state index < -0.39 is 15.6 Å². The van der Waals surface area contributed by atoms with Crippen molar-refractivity contribution in [3.8, 4) is 0 Å². The first-order valence-corrected chi connectivity index (χ1v) is 8.60. The van der Waals surface area contributed by atoms with Crippen LogP contribution in [-0.4, -0.2) is 39.9 Å². The normalized spacial score (nSPS) is 20.0. The molecule has 1 unspecified atom stereocenters. The summed E-state index contributed by atoms with van der Waals surface area (Å²) < 4.78 is 47.7.